The van der Waals surface area contributed by atoms with Gasteiger partial charge >= 0.3 is 0 Å². The van der Waals surface area contributed by atoms with E-state index in [1.54, 1.807) is 0 Å². The molecule has 2 saturated heterocycles. The number of hydrogen-bond acceptors (Lipinski definition) is 4. The van der Waals surface area contributed by atoms with Crippen molar-refractivity contribution in [2.24, 2.45) is 11.8 Å². The number of carbonyl (C=O) groups is 1. The van der Waals surface area contributed by atoms with Gasteiger partial charge < -0.3 is 9.80 Å². The Balaban J connectivity index is 1.21. The van der Waals surface area contributed by atoms with E-state index in [-0.39, 0.29) is 11.8 Å². The van der Waals surface area contributed by atoms with E-state index in [0.29, 0.717) is 11.8 Å². The van der Waals surface area contributed by atoms with Gasteiger partial charge in [0.25, 0.3) is 0 Å². The van der Waals surface area contributed by atoms with Crippen LogP contribution in [0.15, 0.2) is 73.1 Å². The average molecular weight is 399 g/mol. The van der Waals surface area contributed by atoms with Gasteiger partial charge in [0.1, 0.15) is 5.82 Å². The number of nitrogens with zero attached hydrogens (tertiary/aromatic N) is 4. The Hall–Kier alpha value is -3.21. The first kappa shape index (κ1) is 18.8. The molecule has 0 saturated carbocycles. The quantitative estimate of drug-likeness (QED) is 0.670. The minimum Gasteiger partial charge on any atom is -0.355 e. The van der Waals surface area contributed by atoms with Crippen molar-refractivity contribution in [1.82, 2.24) is 14.9 Å². The van der Waals surface area contributed by atoms with Gasteiger partial charge in [0, 0.05) is 43.6 Å². The number of hydrogen-bond donors (Lipinski definition) is 0. The van der Waals surface area contributed by atoms with Crippen molar-refractivity contribution in [2.75, 3.05) is 31.1 Å². The van der Waals surface area contributed by atoms with E-state index in [9.17, 15) is 4.79 Å². The standard InChI is InChI=1S/C25H26N4O/c1-18(19-8-4-2-5-9-19)25(30)29-16-21-14-28(15-22(21)17-29)24-13-26-23(12-27-24)20-10-6-3-7-11-20/h2-13,18,21-22H,14-17H2,1H3. The second kappa shape index (κ2) is 7.90. The summed E-state index contributed by atoms with van der Waals surface area (Å²) in [6.45, 7) is 5.57. The Bertz CT molecular complexity index is 992. The van der Waals surface area contributed by atoms with Crippen LogP contribution in [-0.2, 0) is 4.79 Å². The van der Waals surface area contributed by atoms with Crippen molar-refractivity contribution >= 4 is 11.7 Å². The molecule has 0 aliphatic carbocycles. The van der Waals surface area contributed by atoms with Crippen LogP contribution in [0.3, 0.4) is 0 Å². The Morgan fingerprint density at radius 3 is 2.10 bits per heavy atom. The average Bonchev–Trinajstić information content (AvgIpc) is 3.39. The molecule has 5 heteroatoms. The van der Waals surface area contributed by atoms with Crippen LogP contribution in [-0.4, -0.2) is 47.0 Å². The number of fused-ring (bicyclic) bond motifs is 1. The van der Waals surface area contributed by atoms with Crippen molar-refractivity contribution in [2.45, 2.75) is 12.8 Å². The van der Waals surface area contributed by atoms with Crippen LogP contribution >= 0.6 is 0 Å². The summed E-state index contributed by atoms with van der Waals surface area (Å²) in [6, 6.07) is 20.2. The molecule has 3 unspecified atom stereocenters. The van der Waals surface area contributed by atoms with Gasteiger partial charge in [-0.15, -0.1) is 0 Å². The van der Waals surface area contributed by atoms with Gasteiger partial charge in [0.15, 0.2) is 0 Å². The summed E-state index contributed by atoms with van der Waals surface area (Å²) in [6.07, 6.45) is 3.74. The van der Waals surface area contributed by atoms with Crippen LogP contribution in [0.4, 0.5) is 5.82 Å². The highest BCUT2D eigenvalue weighted by Gasteiger charge is 2.42. The van der Waals surface area contributed by atoms with E-state index in [0.717, 1.165) is 48.8 Å². The van der Waals surface area contributed by atoms with E-state index in [4.69, 9.17) is 0 Å². The third-order valence-corrected chi connectivity index (χ3v) is 6.50. The molecule has 5 nitrogen and oxygen atoms in total. The second-order valence-electron chi connectivity index (χ2n) is 8.43. The molecule has 3 atom stereocenters. The monoisotopic (exact) mass is 398 g/mol. The van der Waals surface area contributed by atoms with Gasteiger partial charge in [-0.25, -0.2) is 4.98 Å². The van der Waals surface area contributed by atoms with Crippen LogP contribution < -0.4 is 4.90 Å². The fourth-order valence-corrected chi connectivity index (χ4v) is 4.76. The van der Waals surface area contributed by atoms with E-state index >= 15 is 0 Å². The number of anilines is 1. The molecule has 5 rings (SSSR count). The lowest BCUT2D eigenvalue weighted by atomic mass is 10.00. The zero-order valence-electron chi connectivity index (χ0n) is 17.2. The molecular formula is C25H26N4O. The third-order valence-electron chi connectivity index (χ3n) is 6.50. The highest BCUT2D eigenvalue weighted by atomic mass is 16.2. The maximum Gasteiger partial charge on any atom is 0.229 e. The lowest BCUT2D eigenvalue weighted by molar-refractivity contribution is -0.131. The molecule has 0 radical (unpaired) electrons. The van der Waals surface area contributed by atoms with Crippen molar-refractivity contribution in [3.05, 3.63) is 78.6 Å². The summed E-state index contributed by atoms with van der Waals surface area (Å²) >= 11 is 0. The van der Waals surface area contributed by atoms with Crippen molar-refractivity contribution in [3.63, 3.8) is 0 Å². The maximum absolute atomic E-state index is 13.0. The van der Waals surface area contributed by atoms with Gasteiger partial charge in [-0.1, -0.05) is 60.7 Å². The van der Waals surface area contributed by atoms with Crippen LogP contribution in [0.1, 0.15) is 18.4 Å². The molecule has 3 heterocycles. The molecule has 2 aliphatic rings. The lowest BCUT2D eigenvalue weighted by Crippen LogP contribution is -2.35. The van der Waals surface area contributed by atoms with Gasteiger partial charge in [0.05, 0.1) is 24.0 Å². The zero-order chi connectivity index (χ0) is 20.5. The summed E-state index contributed by atoms with van der Waals surface area (Å²) in [7, 11) is 0. The lowest BCUT2D eigenvalue weighted by Gasteiger charge is -2.24. The maximum atomic E-state index is 13.0. The van der Waals surface area contributed by atoms with E-state index in [1.807, 2.05) is 80.0 Å². The molecule has 3 aromatic rings. The Morgan fingerprint density at radius 1 is 0.867 bits per heavy atom. The highest BCUT2D eigenvalue weighted by Crippen LogP contribution is 2.34. The fourth-order valence-electron chi connectivity index (χ4n) is 4.76. The van der Waals surface area contributed by atoms with Crippen LogP contribution in [0.2, 0.25) is 0 Å². The van der Waals surface area contributed by atoms with E-state index in [2.05, 4.69) is 19.8 Å². The molecule has 2 fully saturated rings. The van der Waals surface area contributed by atoms with Crippen LogP contribution in [0.25, 0.3) is 11.3 Å². The highest BCUT2D eigenvalue weighted by molar-refractivity contribution is 5.83. The number of carbonyl (C=O) groups excluding carboxylic acids is 1. The third kappa shape index (κ3) is 3.56. The molecule has 0 spiro atoms. The van der Waals surface area contributed by atoms with Gasteiger partial charge in [-0.2, -0.15) is 0 Å². The number of amides is 1. The fraction of sp³-hybridized carbons (Fsp3) is 0.320. The van der Waals surface area contributed by atoms with E-state index in [1.165, 1.54) is 0 Å². The molecule has 30 heavy (non-hydrogen) atoms. The minimum atomic E-state index is -0.0856. The number of likely N-dealkylation sites (tertiary alicyclic amines) is 1. The largest absolute Gasteiger partial charge is 0.355 e. The molecule has 152 valence electrons. The van der Waals surface area contributed by atoms with Gasteiger partial charge in [-0.3, -0.25) is 9.78 Å². The summed E-state index contributed by atoms with van der Waals surface area (Å²) in [4.78, 5) is 26.7. The molecule has 1 aromatic heterocycles. The molecule has 1 amide bonds. The zero-order valence-corrected chi connectivity index (χ0v) is 17.2. The Kier molecular flexibility index (Phi) is 4.95. The Labute approximate surface area is 177 Å². The second-order valence-corrected chi connectivity index (χ2v) is 8.43. The molecule has 2 aliphatic heterocycles. The Morgan fingerprint density at radius 2 is 1.50 bits per heavy atom. The number of aromatic nitrogens is 2. The topological polar surface area (TPSA) is 49.3 Å². The predicted octanol–water partition coefficient (Wildman–Crippen LogP) is 3.84. The first-order valence-corrected chi connectivity index (χ1v) is 10.6. The number of rotatable bonds is 4. The SMILES string of the molecule is CC(C(=O)N1CC2CN(c3cnc(-c4ccccc4)cn3)CC2C1)c1ccccc1. The van der Waals surface area contributed by atoms with Crippen molar-refractivity contribution in [1.29, 1.82) is 0 Å². The summed E-state index contributed by atoms with van der Waals surface area (Å²) in [5.41, 5.74) is 3.07. The molecule has 2 aromatic carbocycles. The minimum absolute atomic E-state index is 0.0856. The van der Waals surface area contributed by atoms with Gasteiger partial charge in [0.2, 0.25) is 5.91 Å². The predicted molar refractivity (Wildman–Crippen MR) is 118 cm³/mol. The summed E-state index contributed by atoms with van der Waals surface area (Å²) in [5.74, 6) is 2.10. The molecule has 0 bridgehead atoms. The van der Waals surface area contributed by atoms with Crippen molar-refractivity contribution < 1.29 is 4.79 Å². The normalized spacial score (nSPS) is 21.5. The smallest absolute Gasteiger partial charge is 0.229 e. The van der Waals surface area contributed by atoms with E-state index < -0.39 is 0 Å². The first-order valence-electron chi connectivity index (χ1n) is 10.6. The molecule has 0 N–H and O–H groups in total. The molecular weight excluding hydrogens is 372 g/mol. The van der Waals surface area contributed by atoms with Crippen LogP contribution in [0.5, 0.6) is 0 Å². The number of benzene rings is 2. The first-order chi connectivity index (χ1) is 14.7. The summed E-state index contributed by atoms with van der Waals surface area (Å²) < 4.78 is 0. The van der Waals surface area contributed by atoms with Crippen LogP contribution in [0, 0.1) is 11.8 Å². The van der Waals surface area contributed by atoms with Crippen molar-refractivity contribution in [3.8, 4) is 11.3 Å². The van der Waals surface area contributed by atoms with Gasteiger partial charge in [-0.05, 0) is 12.5 Å². The summed E-state index contributed by atoms with van der Waals surface area (Å²) in [5, 5.41) is 0.